The summed E-state index contributed by atoms with van der Waals surface area (Å²) >= 11 is 0. The summed E-state index contributed by atoms with van der Waals surface area (Å²) in [6, 6.07) is 9.87. The summed E-state index contributed by atoms with van der Waals surface area (Å²) in [4.78, 5) is 0.135. The van der Waals surface area contributed by atoms with Crippen LogP contribution in [0.1, 0.15) is 12.8 Å². The number of nitrogens with zero attached hydrogens (tertiary/aromatic N) is 2. The Labute approximate surface area is 128 Å². The van der Waals surface area contributed by atoms with Gasteiger partial charge in [0.2, 0.25) is 0 Å². The van der Waals surface area contributed by atoms with Gasteiger partial charge >= 0.3 is 0 Å². The molecule has 1 aliphatic rings. The average Bonchev–Trinajstić information content (AvgIpc) is 3.33. The molecule has 0 aliphatic heterocycles. The first-order valence-electron chi connectivity index (χ1n) is 6.84. The first-order valence-corrected chi connectivity index (χ1v) is 8.32. The second-order valence-corrected chi connectivity index (χ2v) is 6.69. The average molecular weight is 320 g/mol. The van der Waals surface area contributed by atoms with Crippen LogP contribution in [0.4, 0.5) is 11.6 Å². The summed E-state index contributed by atoms with van der Waals surface area (Å²) in [5.74, 6) is 1.42. The maximum atomic E-state index is 12.2. The summed E-state index contributed by atoms with van der Waals surface area (Å²) in [5.41, 5.74) is 0. The SMILES string of the molecule is COc1ccc(S(=O)(=O)Nc2ccc(NC3CC3)nn2)cc1. The zero-order valence-electron chi connectivity index (χ0n) is 12.0. The number of rotatable bonds is 6. The normalized spacial score (nSPS) is 14.4. The van der Waals surface area contributed by atoms with Crippen molar-refractivity contribution in [2.24, 2.45) is 0 Å². The topological polar surface area (TPSA) is 93.2 Å². The molecular formula is C14H16N4O3S. The van der Waals surface area contributed by atoms with E-state index in [4.69, 9.17) is 4.74 Å². The van der Waals surface area contributed by atoms with Crippen LogP contribution in [-0.4, -0.2) is 31.8 Å². The van der Waals surface area contributed by atoms with E-state index in [9.17, 15) is 8.42 Å². The lowest BCUT2D eigenvalue weighted by atomic mass is 10.3. The van der Waals surface area contributed by atoms with E-state index in [1.807, 2.05) is 0 Å². The van der Waals surface area contributed by atoms with E-state index in [-0.39, 0.29) is 10.7 Å². The number of benzene rings is 1. The van der Waals surface area contributed by atoms with E-state index >= 15 is 0 Å². The number of aromatic nitrogens is 2. The number of methoxy groups -OCH3 is 1. The standard InChI is InChI=1S/C14H16N4O3S/c1-21-11-4-6-12(7-5-11)22(19,20)18-14-9-8-13(16-17-14)15-10-2-3-10/h4-10H,2-3H2,1H3,(H,15,16)(H,17,18). The summed E-state index contributed by atoms with van der Waals surface area (Å²) < 4.78 is 31.9. The van der Waals surface area contributed by atoms with E-state index in [2.05, 4.69) is 20.2 Å². The van der Waals surface area contributed by atoms with Gasteiger partial charge in [-0.2, -0.15) is 0 Å². The number of anilines is 2. The zero-order chi connectivity index (χ0) is 15.6. The fraction of sp³-hybridized carbons (Fsp3) is 0.286. The van der Waals surface area contributed by atoms with Crippen molar-refractivity contribution in [2.75, 3.05) is 17.1 Å². The molecule has 0 spiro atoms. The molecule has 0 radical (unpaired) electrons. The molecule has 7 nitrogen and oxygen atoms in total. The molecule has 2 aromatic rings. The van der Waals surface area contributed by atoms with Crippen LogP contribution in [0.15, 0.2) is 41.3 Å². The van der Waals surface area contributed by atoms with Crippen molar-refractivity contribution >= 4 is 21.7 Å². The maximum Gasteiger partial charge on any atom is 0.263 e. The number of hydrogen-bond donors (Lipinski definition) is 2. The lowest BCUT2D eigenvalue weighted by Gasteiger charge is -2.08. The van der Waals surface area contributed by atoms with Crippen molar-refractivity contribution in [3.8, 4) is 5.75 Å². The Hall–Kier alpha value is -2.35. The number of sulfonamides is 1. The minimum atomic E-state index is -3.69. The van der Waals surface area contributed by atoms with Crippen molar-refractivity contribution < 1.29 is 13.2 Å². The van der Waals surface area contributed by atoms with E-state index < -0.39 is 10.0 Å². The van der Waals surface area contributed by atoms with E-state index in [1.54, 1.807) is 24.3 Å². The van der Waals surface area contributed by atoms with E-state index in [0.29, 0.717) is 17.6 Å². The van der Waals surface area contributed by atoms with Crippen LogP contribution >= 0.6 is 0 Å². The Balaban J connectivity index is 1.72. The smallest absolute Gasteiger partial charge is 0.263 e. The minimum Gasteiger partial charge on any atom is -0.497 e. The molecule has 0 atom stereocenters. The summed E-state index contributed by atoms with van der Waals surface area (Å²) in [7, 11) is -2.17. The predicted octanol–water partition coefficient (Wildman–Crippen LogP) is 1.86. The highest BCUT2D eigenvalue weighted by molar-refractivity contribution is 7.92. The summed E-state index contributed by atoms with van der Waals surface area (Å²) in [6.07, 6.45) is 2.26. The highest BCUT2D eigenvalue weighted by Crippen LogP contribution is 2.24. The van der Waals surface area contributed by atoms with Crippen molar-refractivity contribution in [1.29, 1.82) is 0 Å². The van der Waals surface area contributed by atoms with Gasteiger partial charge in [-0.3, -0.25) is 4.72 Å². The Morgan fingerprint density at radius 3 is 2.23 bits per heavy atom. The molecule has 116 valence electrons. The van der Waals surface area contributed by atoms with E-state index in [0.717, 1.165) is 12.8 Å². The van der Waals surface area contributed by atoms with Gasteiger partial charge in [0.1, 0.15) is 11.6 Å². The second kappa shape index (κ2) is 5.80. The largest absolute Gasteiger partial charge is 0.497 e. The minimum absolute atomic E-state index is 0.135. The first kappa shape index (κ1) is 14.6. The van der Waals surface area contributed by atoms with Crippen LogP contribution in [0.2, 0.25) is 0 Å². The Bertz CT molecular complexity index is 741. The van der Waals surface area contributed by atoms with Gasteiger partial charge in [0.05, 0.1) is 12.0 Å². The molecule has 8 heteroatoms. The van der Waals surface area contributed by atoms with Gasteiger partial charge in [-0.25, -0.2) is 8.42 Å². The van der Waals surface area contributed by atoms with Gasteiger partial charge in [-0.1, -0.05) is 0 Å². The van der Waals surface area contributed by atoms with Crippen LogP contribution in [0, 0.1) is 0 Å². The highest BCUT2D eigenvalue weighted by atomic mass is 32.2. The van der Waals surface area contributed by atoms with Crippen LogP contribution in [0.3, 0.4) is 0 Å². The third-order valence-electron chi connectivity index (χ3n) is 3.20. The zero-order valence-corrected chi connectivity index (χ0v) is 12.8. The fourth-order valence-electron chi connectivity index (χ4n) is 1.85. The lowest BCUT2D eigenvalue weighted by molar-refractivity contribution is 0.414. The molecule has 0 saturated heterocycles. The van der Waals surface area contributed by atoms with Crippen molar-refractivity contribution in [3.05, 3.63) is 36.4 Å². The first-order chi connectivity index (χ1) is 10.6. The van der Waals surface area contributed by atoms with Crippen LogP contribution < -0.4 is 14.8 Å². The van der Waals surface area contributed by atoms with Gasteiger partial charge in [0.15, 0.2) is 5.82 Å². The monoisotopic (exact) mass is 320 g/mol. The van der Waals surface area contributed by atoms with Crippen LogP contribution in [0.25, 0.3) is 0 Å². The van der Waals surface area contributed by atoms with Crippen molar-refractivity contribution in [1.82, 2.24) is 10.2 Å². The molecule has 1 aromatic carbocycles. The molecular weight excluding hydrogens is 304 g/mol. The molecule has 1 aromatic heterocycles. The maximum absolute atomic E-state index is 12.2. The lowest BCUT2D eigenvalue weighted by Crippen LogP contribution is -2.14. The third kappa shape index (κ3) is 3.45. The number of ether oxygens (including phenoxy) is 1. The molecule has 0 bridgehead atoms. The molecule has 1 fully saturated rings. The van der Waals surface area contributed by atoms with Crippen LogP contribution in [-0.2, 0) is 10.0 Å². The van der Waals surface area contributed by atoms with Gasteiger partial charge in [0, 0.05) is 6.04 Å². The third-order valence-corrected chi connectivity index (χ3v) is 4.57. The molecule has 2 N–H and O–H groups in total. The number of hydrogen-bond acceptors (Lipinski definition) is 6. The van der Waals surface area contributed by atoms with E-state index in [1.165, 1.54) is 19.2 Å². The Kier molecular flexibility index (Phi) is 3.84. The van der Waals surface area contributed by atoms with Gasteiger partial charge in [-0.05, 0) is 49.2 Å². The van der Waals surface area contributed by atoms with Gasteiger partial charge in [-0.15, -0.1) is 10.2 Å². The molecule has 0 amide bonds. The van der Waals surface area contributed by atoms with Gasteiger partial charge < -0.3 is 10.1 Å². The van der Waals surface area contributed by atoms with Crippen molar-refractivity contribution in [3.63, 3.8) is 0 Å². The molecule has 22 heavy (non-hydrogen) atoms. The molecule has 1 aliphatic carbocycles. The highest BCUT2D eigenvalue weighted by Gasteiger charge is 2.21. The quantitative estimate of drug-likeness (QED) is 0.844. The fourth-order valence-corrected chi connectivity index (χ4v) is 2.85. The van der Waals surface area contributed by atoms with Crippen LogP contribution in [0.5, 0.6) is 5.75 Å². The Morgan fingerprint density at radius 2 is 1.68 bits per heavy atom. The summed E-state index contributed by atoms with van der Waals surface area (Å²) in [5, 5.41) is 11.0. The Morgan fingerprint density at radius 1 is 1.05 bits per heavy atom. The second-order valence-electron chi connectivity index (χ2n) is 5.00. The van der Waals surface area contributed by atoms with Crippen molar-refractivity contribution in [2.45, 2.75) is 23.8 Å². The number of nitrogens with one attached hydrogen (secondary N) is 2. The molecule has 0 unspecified atom stereocenters. The molecule has 3 rings (SSSR count). The predicted molar refractivity (Wildman–Crippen MR) is 82.5 cm³/mol. The van der Waals surface area contributed by atoms with Gasteiger partial charge in [0.25, 0.3) is 10.0 Å². The summed E-state index contributed by atoms with van der Waals surface area (Å²) in [6.45, 7) is 0. The molecule has 1 heterocycles. The molecule has 1 saturated carbocycles.